The van der Waals surface area contributed by atoms with Gasteiger partial charge in [0.05, 0.1) is 5.92 Å². The lowest BCUT2D eigenvalue weighted by molar-refractivity contribution is -0.129. The lowest BCUT2D eigenvalue weighted by Crippen LogP contribution is -2.63. The zero-order valence-corrected chi connectivity index (χ0v) is 22.6. The van der Waals surface area contributed by atoms with E-state index in [9.17, 15) is 9.90 Å². The van der Waals surface area contributed by atoms with Gasteiger partial charge >= 0.3 is 0 Å². The maximum atomic E-state index is 12.5. The molecule has 2 atom stereocenters. The summed E-state index contributed by atoms with van der Waals surface area (Å²) in [5.41, 5.74) is 1.81. The lowest BCUT2D eigenvalue weighted by Gasteiger charge is -2.55. The topological polar surface area (TPSA) is 95.6 Å². The maximum Gasteiger partial charge on any atom is 0.232 e. The molecule has 8 nitrogen and oxygen atoms in total. The number of nitrogens with zero attached hydrogens (tertiary/aromatic N) is 5. The number of aliphatic hydroxyl groups is 1. The van der Waals surface area contributed by atoms with Crippen molar-refractivity contribution in [1.29, 1.82) is 0 Å². The number of rotatable bonds is 7. The molecule has 4 heterocycles. The molecule has 2 fully saturated rings. The van der Waals surface area contributed by atoms with Crippen molar-refractivity contribution in [2.45, 2.75) is 64.5 Å². The van der Waals surface area contributed by atoms with Crippen molar-refractivity contribution in [3.63, 3.8) is 0 Å². The van der Waals surface area contributed by atoms with Gasteiger partial charge in [0.25, 0.3) is 0 Å². The lowest BCUT2D eigenvalue weighted by atomic mass is 9.62. The van der Waals surface area contributed by atoms with E-state index in [1.807, 2.05) is 36.9 Å². The van der Waals surface area contributed by atoms with Crippen molar-refractivity contribution >= 4 is 5.91 Å². The first-order valence-corrected chi connectivity index (χ1v) is 13.1. The Morgan fingerprint density at radius 3 is 2.41 bits per heavy atom. The zero-order chi connectivity index (χ0) is 26.5. The molecule has 0 radical (unpaired) electrons. The summed E-state index contributed by atoms with van der Waals surface area (Å²) in [7, 11) is 2.06. The molecule has 2 saturated heterocycles. The van der Waals surface area contributed by atoms with Crippen LogP contribution in [0.5, 0.6) is 0 Å². The summed E-state index contributed by atoms with van der Waals surface area (Å²) in [4.78, 5) is 25.5. The Hall–Kier alpha value is -3.10. The van der Waals surface area contributed by atoms with Crippen molar-refractivity contribution in [3.05, 3.63) is 65.3 Å². The monoisotopic (exact) mass is 503 g/mol. The first kappa shape index (κ1) is 25.5. The Morgan fingerprint density at radius 1 is 1.11 bits per heavy atom. The second-order valence-electron chi connectivity index (χ2n) is 11.7. The molecule has 196 valence electrons. The van der Waals surface area contributed by atoms with Gasteiger partial charge in [0.2, 0.25) is 17.6 Å². The van der Waals surface area contributed by atoms with E-state index in [1.54, 1.807) is 12.4 Å². The molecule has 0 bridgehead atoms. The van der Waals surface area contributed by atoms with E-state index in [-0.39, 0.29) is 17.9 Å². The Labute approximate surface area is 218 Å². The van der Waals surface area contributed by atoms with Gasteiger partial charge in [0, 0.05) is 61.0 Å². The van der Waals surface area contributed by atoms with Crippen molar-refractivity contribution in [1.82, 2.24) is 24.9 Å². The van der Waals surface area contributed by atoms with E-state index in [2.05, 4.69) is 60.0 Å². The molecule has 1 amide bonds. The van der Waals surface area contributed by atoms with E-state index < -0.39 is 11.0 Å². The second kappa shape index (κ2) is 9.33. The predicted octanol–water partition coefficient (Wildman–Crippen LogP) is 4.17. The number of carbonyl (C=O) groups is 1. The molecule has 1 aromatic carbocycles. The number of benzene rings is 1. The van der Waals surface area contributed by atoms with Crippen LogP contribution in [-0.2, 0) is 10.4 Å². The molecule has 2 aliphatic rings. The van der Waals surface area contributed by atoms with Crippen molar-refractivity contribution in [3.8, 4) is 11.4 Å². The van der Waals surface area contributed by atoms with E-state index in [0.717, 1.165) is 18.7 Å². The summed E-state index contributed by atoms with van der Waals surface area (Å²) >= 11 is 0. The first-order chi connectivity index (χ1) is 17.5. The molecule has 5 rings (SSSR count). The predicted molar refractivity (Wildman–Crippen MR) is 141 cm³/mol. The van der Waals surface area contributed by atoms with Crippen molar-refractivity contribution in [2.75, 3.05) is 26.7 Å². The third-order valence-electron chi connectivity index (χ3n) is 8.09. The van der Waals surface area contributed by atoms with Gasteiger partial charge in [-0.25, -0.2) is 0 Å². The average molecular weight is 504 g/mol. The minimum atomic E-state index is -1.25. The standard InChI is InChI=1S/C29H37N5O3/c1-18(2)20-7-9-23(10-8-20)29(36,28(5)16-33(6)17-28)24-11-21(13-30-14-24)26-31-27(37-32-26)22-12-25(35)34(15-22)19(3)4/h7-11,13-14,18-19,22,36H,12,15-17H2,1-6H3/t22-,29-/m0/s1. The Morgan fingerprint density at radius 2 is 1.81 bits per heavy atom. The largest absolute Gasteiger partial charge is 0.380 e. The van der Waals surface area contributed by atoms with Crippen LogP contribution in [0.1, 0.15) is 75.5 Å². The van der Waals surface area contributed by atoms with Gasteiger partial charge in [-0.1, -0.05) is 50.2 Å². The maximum absolute atomic E-state index is 12.5. The van der Waals surface area contributed by atoms with Gasteiger partial charge in [0.1, 0.15) is 5.60 Å². The van der Waals surface area contributed by atoms with Crippen molar-refractivity contribution in [2.24, 2.45) is 5.41 Å². The van der Waals surface area contributed by atoms with E-state index in [0.29, 0.717) is 41.7 Å². The summed E-state index contributed by atoms with van der Waals surface area (Å²) in [6.45, 7) is 12.6. The number of pyridine rings is 1. The molecule has 0 aliphatic carbocycles. The molecule has 37 heavy (non-hydrogen) atoms. The summed E-state index contributed by atoms with van der Waals surface area (Å²) in [6, 6.07) is 10.3. The van der Waals surface area contributed by atoms with Crippen LogP contribution in [0.2, 0.25) is 0 Å². The minimum absolute atomic E-state index is 0.107. The van der Waals surface area contributed by atoms with Gasteiger partial charge in [-0.15, -0.1) is 0 Å². The van der Waals surface area contributed by atoms with Crippen LogP contribution in [0.25, 0.3) is 11.4 Å². The molecule has 8 heteroatoms. The molecule has 1 N–H and O–H groups in total. The highest BCUT2D eigenvalue weighted by Crippen LogP contribution is 2.50. The van der Waals surface area contributed by atoms with Crippen LogP contribution in [0.15, 0.2) is 47.2 Å². The van der Waals surface area contributed by atoms with Gasteiger partial charge in [-0.05, 0) is 44.0 Å². The van der Waals surface area contributed by atoms with Gasteiger partial charge in [-0.3, -0.25) is 9.78 Å². The normalized spacial score (nSPS) is 21.5. The van der Waals surface area contributed by atoms with Crippen LogP contribution in [-0.4, -0.2) is 68.7 Å². The van der Waals surface area contributed by atoms with E-state index in [1.165, 1.54) is 5.56 Å². The van der Waals surface area contributed by atoms with Gasteiger partial charge in [0.15, 0.2) is 0 Å². The van der Waals surface area contributed by atoms with Crippen LogP contribution >= 0.6 is 0 Å². The third-order valence-corrected chi connectivity index (χ3v) is 8.09. The quantitative estimate of drug-likeness (QED) is 0.517. The molecule has 3 aromatic rings. The first-order valence-electron chi connectivity index (χ1n) is 13.1. The molecule has 0 saturated carbocycles. The van der Waals surface area contributed by atoms with Gasteiger partial charge < -0.3 is 19.4 Å². The van der Waals surface area contributed by atoms with E-state index >= 15 is 0 Å². The number of carbonyl (C=O) groups excluding carboxylic acids is 1. The fourth-order valence-electron chi connectivity index (χ4n) is 6.02. The molecule has 2 aliphatic heterocycles. The summed E-state index contributed by atoms with van der Waals surface area (Å²) in [6.07, 6.45) is 3.80. The fraction of sp³-hybridized carbons (Fsp3) is 0.517. The second-order valence-corrected chi connectivity index (χ2v) is 11.7. The molecular weight excluding hydrogens is 466 g/mol. The number of hydrogen-bond donors (Lipinski definition) is 1. The Bertz CT molecular complexity index is 1280. The van der Waals surface area contributed by atoms with Crippen LogP contribution < -0.4 is 0 Å². The summed E-state index contributed by atoms with van der Waals surface area (Å²) in [5, 5.41) is 16.7. The number of likely N-dealkylation sites (tertiary alicyclic amines) is 2. The number of aromatic nitrogens is 3. The Kier molecular flexibility index (Phi) is 6.44. The van der Waals surface area contributed by atoms with Gasteiger partial charge in [-0.2, -0.15) is 4.98 Å². The number of hydrogen-bond acceptors (Lipinski definition) is 7. The fourth-order valence-corrected chi connectivity index (χ4v) is 6.02. The van der Waals surface area contributed by atoms with Crippen molar-refractivity contribution < 1.29 is 14.4 Å². The highest BCUT2D eigenvalue weighted by atomic mass is 16.5. The SMILES string of the molecule is CC(C)c1ccc([C@](O)(c2cncc(-c3noc([C@H]4CC(=O)N(C(C)C)C4)n3)c2)C2(C)CN(C)C2)cc1. The third kappa shape index (κ3) is 4.36. The summed E-state index contributed by atoms with van der Waals surface area (Å²) in [5.74, 6) is 1.27. The molecular formula is C29H37N5O3. The molecule has 0 spiro atoms. The smallest absolute Gasteiger partial charge is 0.232 e. The van der Waals surface area contributed by atoms with E-state index in [4.69, 9.17) is 4.52 Å². The van der Waals surface area contributed by atoms with Crippen LogP contribution in [0.3, 0.4) is 0 Å². The summed E-state index contributed by atoms with van der Waals surface area (Å²) < 4.78 is 5.60. The number of amides is 1. The van der Waals surface area contributed by atoms with Crippen LogP contribution in [0, 0.1) is 5.41 Å². The van der Waals surface area contributed by atoms with Crippen LogP contribution in [0.4, 0.5) is 0 Å². The molecule has 2 aromatic heterocycles. The minimum Gasteiger partial charge on any atom is -0.380 e. The highest BCUT2D eigenvalue weighted by molar-refractivity contribution is 5.79. The average Bonchev–Trinajstić information content (AvgIpc) is 3.50. The molecule has 0 unspecified atom stereocenters. The Balaban J connectivity index is 1.49. The zero-order valence-electron chi connectivity index (χ0n) is 22.6. The highest BCUT2D eigenvalue weighted by Gasteiger charge is 2.55.